The highest BCUT2D eigenvalue weighted by Crippen LogP contribution is 2.25. The van der Waals surface area contributed by atoms with E-state index in [0.29, 0.717) is 4.77 Å². The van der Waals surface area contributed by atoms with Gasteiger partial charge in [-0.3, -0.25) is 4.57 Å². The molecule has 0 aliphatic rings. The van der Waals surface area contributed by atoms with Gasteiger partial charge in [-0.15, -0.1) is 5.10 Å². The first-order valence-corrected chi connectivity index (χ1v) is 5.84. The van der Waals surface area contributed by atoms with Crippen LogP contribution in [0.3, 0.4) is 0 Å². The van der Waals surface area contributed by atoms with Gasteiger partial charge in [-0.25, -0.2) is 5.10 Å². The van der Waals surface area contributed by atoms with Gasteiger partial charge in [-0.2, -0.15) is 0 Å². The van der Waals surface area contributed by atoms with E-state index < -0.39 is 0 Å². The number of nitrogens with one attached hydrogen (secondary N) is 1. The highest BCUT2D eigenvalue weighted by molar-refractivity contribution is 7.71. The SMILES string of the molecule is Cc1ccc(N(C)c2n[nH]c(=S)n2C)c(C)c1. The maximum atomic E-state index is 5.12. The Hall–Kier alpha value is -1.62. The minimum atomic E-state index is 0.622. The van der Waals surface area contributed by atoms with Crippen molar-refractivity contribution in [2.24, 2.45) is 7.05 Å². The van der Waals surface area contributed by atoms with Gasteiger partial charge in [0.05, 0.1) is 0 Å². The van der Waals surface area contributed by atoms with E-state index in [-0.39, 0.29) is 0 Å². The lowest BCUT2D eigenvalue weighted by molar-refractivity contribution is 0.870. The highest BCUT2D eigenvalue weighted by Gasteiger charge is 2.12. The summed E-state index contributed by atoms with van der Waals surface area (Å²) in [6.45, 7) is 4.19. The molecule has 2 aromatic rings. The monoisotopic (exact) mass is 248 g/mol. The third kappa shape index (κ3) is 2.10. The van der Waals surface area contributed by atoms with E-state index in [0.717, 1.165) is 11.6 Å². The number of benzene rings is 1. The average molecular weight is 248 g/mol. The van der Waals surface area contributed by atoms with Gasteiger partial charge in [-0.05, 0) is 37.7 Å². The first-order valence-electron chi connectivity index (χ1n) is 5.43. The van der Waals surface area contributed by atoms with E-state index >= 15 is 0 Å². The molecule has 0 bridgehead atoms. The zero-order valence-corrected chi connectivity index (χ0v) is 11.3. The summed E-state index contributed by atoms with van der Waals surface area (Å²) in [5.74, 6) is 0.807. The quantitative estimate of drug-likeness (QED) is 0.830. The van der Waals surface area contributed by atoms with E-state index in [1.807, 2.05) is 23.6 Å². The smallest absolute Gasteiger partial charge is 0.229 e. The average Bonchev–Trinajstić information content (AvgIpc) is 2.59. The van der Waals surface area contributed by atoms with Crippen LogP contribution in [0, 0.1) is 18.6 Å². The summed E-state index contributed by atoms with van der Waals surface area (Å²) < 4.78 is 2.48. The molecule has 0 radical (unpaired) electrons. The third-order valence-electron chi connectivity index (χ3n) is 2.87. The first-order chi connectivity index (χ1) is 8.00. The summed E-state index contributed by atoms with van der Waals surface area (Å²) in [7, 11) is 3.89. The summed E-state index contributed by atoms with van der Waals surface area (Å²) >= 11 is 5.12. The van der Waals surface area contributed by atoms with Gasteiger partial charge in [-0.1, -0.05) is 17.7 Å². The summed E-state index contributed by atoms with van der Waals surface area (Å²) in [5.41, 5.74) is 3.61. The number of hydrogen-bond acceptors (Lipinski definition) is 3. The second-order valence-electron chi connectivity index (χ2n) is 4.24. The van der Waals surface area contributed by atoms with Gasteiger partial charge in [0.25, 0.3) is 0 Å². The molecular formula is C12H16N4S. The van der Waals surface area contributed by atoms with Crippen LogP contribution in [0.1, 0.15) is 11.1 Å². The van der Waals surface area contributed by atoms with Crippen LogP contribution in [-0.4, -0.2) is 21.8 Å². The maximum absolute atomic E-state index is 5.12. The Morgan fingerprint density at radius 2 is 2.06 bits per heavy atom. The van der Waals surface area contributed by atoms with Crippen LogP contribution >= 0.6 is 12.2 Å². The fourth-order valence-corrected chi connectivity index (χ4v) is 2.06. The molecule has 0 unspecified atom stereocenters. The van der Waals surface area contributed by atoms with Crippen LogP contribution < -0.4 is 4.90 Å². The van der Waals surface area contributed by atoms with Gasteiger partial charge in [0.2, 0.25) is 5.95 Å². The zero-order chi connectivity index (χ0) is 12.6. The van der Waals surface area contributed by atoms with Crippen molar-refractivity contribution < 1.29 is 0 Å². The van der Waals surface area contributed by atoms with Crippen LogP contribution in [0.2, 0.25) is 0 Å². The predicted molar refractivity (Wildman–Crippen MR) is 72.4 cm³/mol. The maximum Gasteiger partial charge on any atom is 0.229 e. The van der Waals surface area contributed by atoms with Crippen molar-refractivity contribution in [2.45, 2.75) is 13.8 Å². The van der Waals surface area contributed by atoms with Gasteiger partial charge in [0.1, 0.15) is 0 Å². The second-order valence-corrected chi connectivity index (χ2v) is 4.62. The number of nitrogens with zero attached hydrogens (tertiary/aromatic N) is 3. The van der Waals surface area contributed by atoms with Crippen LogP contribution in [0.4, 0.5) is 11.6 Å². The molecule has 0 atom stereocenters. The van der Waals surface area contributed by atoms with Crippen molar-refractivity contribution in [2.75, 3.05) is 11.9 Å². The van der Waals surface area contributed by atoms with Crippen molar-refractivity contribution >= 4 is 23.9 Å². The molecule has 0 aliphatic heterocycles. The Labute approximate surface area is 106 Å². The fraction of sp³-hybridized carbons (Fsp3) is 0.333. The second kappa shape index (κ2) is 4.33. The molecular weight excluding hydrogens is 232 g/mol. The molecule has 90 valence electrons. The Bertz CT molecular complexity index is 597. The molecule has 0 aliphatic carbocycles. The summed E-state index contributed by atoms with van der Waals surface area (Å²) in [6.07, 6.45) is 0. The first kappa shape index (κ1) is 11.9. The Kier molecular flexibility index (Phi) is 3.02. The van der Waals surface area contributed by atoms with E-state index in [1.165, 1.54) is 11.1 Å². The normalized spacial score (nSPS) is 10.6. The molecule has 0 spiro atoms. The fourth-order valence-electron chi connectivity index (χ4n) is 1.93. The van der Waals surface area contributed by atoms with Crippen LogP contribution in [0.15, 0.2) is 18.2 Å². The van der Waals surface area contributed by atoms with Crippen molar-refractivity contribution in [1.29, 1.82) is 0 Å². The van der Waals surface area contributed by atoms with Gasteiger partial charge in [0, 0.05) is 19.8 Å². The van der Waals surface area contributed by atoms with Crippen LogP contribution in [0.25, 0.3) is 0 Å². The lowest BCUT2D eigenvalue weighted by Gasteiger charge is -2.20. The van der Waals surface area contributed by atoms with E-state index in [4.69, 9.17) is 12.2 Å². The summed E-state index contributed by atoms with van der Waals surface area (Å²) in [5, 5.41) is 7.02. The van der Waals surface area contributed by atoms with E-state index in [9.17, 15) is 0 Å². The molecule has 1 aromatic heterocycles. The summed E-state index contributed by atoms with van der Waals surface area (Å²) in [6, 6.07) is 6.36. The number of aromatic amines is 1. The number of rotatable bonds is 2. The number of anilines is 2. The molecule has 17 heavy (non-hydrogen) atoms. The molecule has 0 amide bonds. The standard InChI is InChI=1S/C12H16N4S/c1-8-5-6-10(9(2)7-8)15(3)11-13-14-12(17)16(11)4/h5-7H,1-4H3,(H,14,17). The zero-order valence-electron chi connectivity index (χ0n) is 10.5. The van der Waals surface area contributed by atoms with Crippen LogP contribution in [0.5, 0.6) is 0 Å². The molecule has 1 N–H and O–H groups in total. The van der Waals surface area contributed by atoms with Crippen molar-refractivity contribution in [3.63, 3.8) is 0 Å². The lowest BCUT2D eigenvalue weighted by atomic mass is 10.1. The molecule has 5 heteroatoms. The van der Waals surface area contributed by atoms with Crippen molar-refractivity contribution in [1.82, 2.24) is 14.8 Å². The van der Waals surface area contributed by atoms with Gasteiger partial charge in [0.15, 0.2) is 4.77 Å². The number of H-pyrrole nitrogens is 1. The Morgan fingerprint density at radius 1 is 1.35 bits per heavy atom. The van der Waals surface area contributed by atoms with Crippen LogP contribution in [-0.2, 0) is 7.05 Å². The van der Waals surface area contributed by atoms with Crippen molar-refractivity contribution in [3.8, 4) is 0 Å². The Morgan fingerprint density at radius 3 is 2.59 bits per heavy atom. The highest BCUT2D eigenvalue weighted by atomic mass is 32.1. The molecule has 0 saturated carbocycles. The molecule has 0 fully saturated rings. The minimum absolute atomic E-state index is 0.622. The van der Waals surface area contributed by atoms with E-state index in [1.54, 1.807) is 0 Å². The number of hydrogen-bond donors (Lipinski definition) is 1. The number of aromatic nitrogens is 3. The van der Waals surface area contributed by atoms with E-state index in [2.05, 4.69) is 42.2 Å². The molecule has 0 saturated heterocycles. The topological polar surface area (TPSA) is 36.9 Å². The third-order valence-corrected chi connectivity index (χ3v) is 3.23. The van der Waals surface area contributed by atoms with Gasteiger partial charge >= 0.3 is 0 Å². The van der Waals surface area contributed by atoms with Crippen molar-refractivity contribution in [3.05, 3.63) is 34.1 Å². The van der Waals surface area contributed by atoms with Gasteiger partial charge < -0.3 is 4.90 Å². The number of aryl methyl sites for hydroxylation is 2. The molecule has 4 nitrogen and oxygen atoms in total. The molecule has 2 rings (SSSR count). The predicted octanol–water partition coefficient (Wildman–Crippen LogP) is 2.86. The summed E-state index contributed by atoms with van der Waals surface area (Å²) in [4.78, 5) is 2.03. The largest absolute Gasteiger partial charge is 0.313 e. The minimum Gasteiger partial charge on any atom is -0.313 e. The molecule has 1 aromatic carbocycles. The molecule has 1 heterocycles. The Balaban J connectivity index is 2.47. The lowest BCUT2D eigenvalue weighted by Crippen LogP contribution is -2.15.